The molecule has 536 valence electrons. The van der Waals surface area contributed by atoms with E-state index in [2.05, 4.69) is 121 Å². The summed E-state index contributed by atoms with van der Waals surface area (Å²) >= 11 is 6.66. The molecule has 4 saturated heterocycles. The lowest BCUT2D eigenvalue weighted by Crippen LogP contribution is -2.51. The molecule has 0 atom stereocenters. The van der Waals surface area contributed by atoms with Crippen LogP contribution in [0.3, 0.4) is 0 Å². The van der Waals surface area contributed by atoms with E-state index in [9.17, 15) is 24.0 Å². The molecule has 0 spiro atoms. The lowest BCUT2D eigenvalue weighted by molar-refractivity contribution is 0.0140. The summed E-state index contributed by atoms with van der Waals surface area (Å²) in [5, 5.41) is 9.23. The number of ether oxygens (including phenoxy) is 3. The molecule has 4 aromatic carbocycles. The molecule has 4 aliphatic rings. The second-order valence-electron chi connectivity index (χ2n) is 26.1. The molecule has 16 rings (SSSR count). The van der Waals surface area contributed by atoms with Crippen molar-refractivity contribution < 1.29 is 38.2 Å². The van der Waals surface area contributed by atoms with E-state index in [4.69, 9.17) is 20.6 Å². The van der Waals surface area contributed by atoms with Gasteiger partial charge in [-0.3, -0.25) is 33.0 Å². The Morgan fingerprint density at radius 3 is 1.24 bits per heavy atom. The zero-order valence-electron chi connectivity index (χ0n) is 58.1. The summed E-state index contributed by atoms with van der Waals surface area (Å²) in [5.74, 6) is 2.80. The van der Waals surface area contributed by atoms with Crippen LogP contribution in [0.25, 0.3) is 67.5 Å². The van der Waals surface area contributed by atoms with E-state index in [1.54, 1.807) is 34.6 Å². The Morgan fingerprint density at radius 1 is 0.400 bits per heavy atom. The Morgan fingerprint density at radius 2 is 0.781 bits per heavy atom. The number of amides is 5. The zero-order chi connectivity index (χ0) is 73.3. The molecule has 8 aromatic heterocycles. The van der Waals surface area contributed by atoms with Crippen LogP contribution in [0.1, 0.15) is 67.9 Å². The molecular weight excluding hydrogens is 1670 g/mol. The van der Waals surface area contributed by atoms with Gasteiger partial charge >= 0.3 is 6.09 Å². The second-order valence-corrected chi connectivity index (χ2v) is 29.4. The van der Waals surface area contributed by atoms with Crippen molar-refractivity contribution in [2.75, 3.05) is 112 Å². The number of halogens is 3. The second kappa shape index (κ2) is 33.1. The molecule has 0 radical (unpaired) electrons. The number of nitrogens with zero attached hydrogens (tertiary/aromatic N) is 17. The number of morpholine rings is 2. The fraction of sp³-hybridized carbons (Fsp3) is 0.273. The number of benzene rings is 4. The first-order valence-electron chi connectivity index (χ1n) is 34.1. The maximum absolute atomic E-state index is 12.9. The molecule has 28 heteroatoms. The minimum absolute atomic E-state index is 0.0416. The predicted octanol–water partition coefficient (Wildman–Crippen LogP) is 11.0. The summed E-state index contributed by atoms with van der Waals surface area (Å²) in [4.78, 5) is 95.5. The number of imidazole rings is 4. The fourth-order valence-corrected chi connectivity index (χ4v) is 13.6. The minimum Gasteiger partial charge on any atom is -0.444 e. The Labute approximate surface area is 646 Å². The van der Waals surface area contributed by atoms with Gasteiger partial charge in [0.05, 0.1) is 74.5 Å². The van der Waals surface area contributed by atoms with Crippen LogP contribution in [0.2, 0.25) is 0 Å². The lowest BCUT2D eigenvalue weighted by atomic mass is 10.0. The van der Waals surface area contributed by atoms with Gasteiger partial charge in [0.2, 0.25) is 0 Å². The summed E-state index contributed by atoms with van der Waals surface area (Å²) in [5.41, 5.74) is 13.6. The quantitative estimate of drug-likeness (QED) is 0.101. The third kappa shape index (κ3) is 17.6. The SMILES string of the molecule is C#Cc1cnc2ccc(-c3ccc(C(=O)N4CCN(C(=O)OC(C)(C)C)CC4)cc3)cn12.CN1CCN(C(=O)c2ccc(-c3ccc4ncc(I)n4n3)cc2)CC1.O=C(c1ccc(-c2ccc3ncc(I)n3n2)cc1)N1CCOCC1.O=C(c1ccc(-c2cn3c(I)cnc3cn2)cc1)N1CCOCC1. The monoisotopic (exact) mass is 1750 g/mol. The van der Waals surface area contributed by atoms with E-state index in [-0.39, 0.29) is 29.7 Å². The largest absolute Gasteiger partial charge is 0.444 e. The maximum Gasteiger partial charge on any atom is 0.410 e. The van der Waals surface area contributed by atoms with Gasteiger partial charge in [-0.1, -0.05) is 54.5 Å². The van der Waals surface area contributed by atoms with Crippen LogP contribution >= 0.6 is 67.8 Å². The first-order valence-corrected chi connectivity index (χ1v) is 37.4. The number of aromatic nitrogens is 11. The van der Waals surface area contributed by atoms with E-state index < -0.39 is 5.60 Å². The molecule has 0 bridgehead atoms. The molecule has 0 saturated carbocycles. The Balaban J connectivity index is 0.000000125. The fourth-order valence-electron chi connectivity index (χ4n) is 12.1. The van der Waals surface area contributed by atoms with Gasteiger partial charge in [0.25, 0.3) is 23.6 Å². The summed E-state index contributed by atoms with van der Waals surface area (Å²) in [6.45, 7) is 15.9. The van der Waals surface area contributed by atoms with Crippen molar-refractivity contribution in [1.82, 2.24) is 82.3 Å². The molecule has 4 aliphatic heterocycles. The summed E-state index contributed by atoms with van der Waals surface area (Å²) < 4.78 is 26.5. The number of piperazine rings is 2. The predicted molar refractivity (Wildman–Crippen MR) is 423 cm³/mol. The molecule has 0 aliphatic carbocycles. The van der Waals surface area contributed by atoms with E-state index in [1.807, 2.05) is 205 Å². The van der Waals surface area contributed by atoms with Crippen molar-refractivity contribution in [3.8, 4) is 57.2 Å². The third-order valence-corrected chi connectivity index (χ3v) is 20.3. The molecular formula is C77H74I3N17O8. The van der Waals surface area contributed by atoms with Crippen molar-refractivity contribution in [2.45, 2.75) is 26.4 Å². The zero-order valence-corrected chi connectivity index (χ0v) is 64.6. The lowest BCUT2D eigenvalue weighted by Gasteiger charge is -2.35. The number of hydrogen-bond acceptors (Lipinski definition) is 16. The molecule has 5 amide bonds. The number of rotatable bonds is 8. The van der Waals surface area contributed by atoms with Gasteiger partial charge in [0.15, 0.2) is 16.9 Å². The molecule has 12 aromatic rings. The molecule has 0 N–H and O–H groups in total. The topological polar surface area (TPSA) is 240 Å². The Hall–Kier alpha value is -9.79. The first-order chi connectivity index (χ1) is 50.8. The highest BCUT2D eigenvalue weighted by atomic mass is 127. The van der Waals surface area contributed by atoms with Crippen LogP contribution in [0, 0.1) is 23.4 Å². The van der Waals surface area contributed by atoms with Gasteiger partial charge in [-0.25, -0.2) is 33.8 Å². The third-order valence-electron chi connectivity index (χ3n) is 18.0. The van der Waals surface area contributed by atoms with E-state index in [0.29, 0.717) is 101 Å². The van der Waals surface area contributed by atoms with Crippen LogP contribution < -0.4 is 0 Å². The van der Waals surface area contributed by atoms with Crippen molar-refractivity contribution in [3.63, 3.8) is 0 Å². The van der Waals surface area contributed by atoms with Gasteiger partial charge in [-0.05, 0) is 192 Å². The summed E-state index contributed by atoms with van der Waals surface area (Å²) in [7, 11) is 2.09. The minimum atomic E-state index is -0.531. The maximum atomic E-state index is 12.9. The van der Waals surface area contributed by atoms with Crippen LogP contribution in [-0.2, 0) is 14.2 Å². The first kappa shape index (κ1) is 73.5. The van der Waals surface area contributed by atoms with Crippen molar-refractivity contribution in [2.24, 2.45) is 0 Å². The summed E-state index contributed by atoms with van der Waals surface area (Å²) in [6, 6.07) is 42.1. The summed E-state index contributed by atoms with van der Waals surface area (Å²) in [6.07, 6.45) is 17.9. The molecule has 12 heterocycles. The van der Waals surface area contributed by atoms with Crippen molar-refractivity contribution >= 4 is 120 Å². The standard InChI is InChI=1S/C25H26N4O3.C18H18IN5O.2C17H15IN4O2/c1-5-21-16-26-22-11-10-20(17-29(21)22)18-6-8-19(9-7-18)23(30)27-12-14-28(15-13-27)24(31)32-25(2,3)4;1-22-8-10-23(11-9-22)18(25)14-4-2-13(3-5-14)15-6-7-17-20-12-16(19)24(17)21-15;18-15-9-20-16-10-19-14(11-22(15)16)12-1-3-13(4-2-12)17(23)21-5-7-24-8-6-21;18-15-11-19-16-6-5-14(20-22(15)16)12-1-3-13(4-2-12)17(23)21-7-9-24-10-8-21/h1,6-11,16-17H,12-15H2,2-4H3;2-7,12H,8-11H2,1H3;1-4,9-11H,5-8H2;1-6,11H,7-10H2. The van der Waals surface area contributed by atoms with E-state index >= 15 is 0 Å². The number of pyridine rings is 1. The van der Waals surface area contributed by atoms with Gasteiger partial charge < -0.3 is 43.6 Å². The number of fused-ring (bicyclic) bond motifs is 4. The average molecular weight is 1750 g/mol. The van der Waals surface area contributed by atoms with E-state index in [0.717, 1.165) is 110 Å². The average Bonchev–Trinajstić information content (AvgIpc) is 1.74. The molecule has 4 fully saturated rings. The van der Waals surface area contributed by atoms with E-state index in [1.165, 1.54) is 0 Å². The van der Waals surface area contributed by atoms with Crippen LogP contribution in [0.15, 0.2) is 177 Å². The Kier molecular flexibility index (Phi) is 23.2. The normalized spacial score (nSPS) is 14.9. The number of likely N-dealkylation sites (N-methyl/N-ethyl adjacent to an activating group) is 1. The number of hydrogen-bond donors (Lipinski definition) is 0. The Bertz CT molecular complexity index is 5010. The number of carbonyl (C=O) groups excluding carboxylic acids is 5. The van der Waals surface area contributed by atoms with Crippen LogP contribution in [0.4, 0.5) is 4.79 Å². The van der Waals surface area contributed by atoms with Crippen molar-refractivity contribution in [1.29, 1.82) is 0 Å². The highest BCUT2D eigenvalue weighted by Gasteiger charge is 2.29. The number of terminal acetylenes is 1. The number of carbonyl (C=O) groups is 5. The van der Waals surface area contributed by atoms with Gasteiger partial charge in [-0.15, -0.1) is 6.42 Å². The van der Waals surface area contributed by atoms with Crippen molar-refractivity contribution in [3.05, 3.63) is 216 Å². The smallest absolute Gasteiger partial charge is 0.410 e. The molecule has 25 nitrogen and oxygen atoms in total. The highest BCUT2D eigenvalue weighted by molar-refractivity contribution is 14.1. The van der Waals surface area contributed by atoms with Gasteiger partial charge in [0, 0.05) is 130 Å². The van der Waals surface area contributed by atoms with Crippen LogP contribution in [0.5, 0.6) is 0 Å². The molecule has 0 unspecified atom stereocenters. The molecule has 105 heavy (non-hydrogen) atoms. The highest BCUT2D eigenvalue weighted by Crippen LogP contribution is 2.27. The van der Waals surface area contributed by atoms with Gasteiger partial charge in [0.1, 0.15) is 28.0 Å². The van der Waals surface area contributed by atoms with Crippen LogP contribution in [-0.4, -0.2) is 230 Å². The van der Waals surface area contributed by atoms with Gasteiger partial charge in [-0.2, -0.15) is 10.2 Å².